The standard InChI is InChI=1S/C8H12N2O2S/c1-5-7(6(2)12-10-5)8(11)9-3-4-13/h13H,3-4H2,1-2H3,(H,9,11). The lowest BCUT2D eigenvalue weighted by Crippen LogP contribution is -2.26. The van der Waals surface area contributed by atoms with Crippen molar-refractivity contribution in [3.05, 3.63) is 17.0 Å². The highest BCUT2D eigenvalue weighted by atomic mass is 32.1. The summed E-state index contributed by atoms with van der Waals surface area (Å²) in [6, 6.07) is 0. The summed E-state index contributed by atoms with van der Waals surface area (Å²) in [6.45, 7) is 4.01. The molecule has 0 aliphatic rings. The Morgan fingerprint density at radius 3 is 2.77 bits per heavy atom. The highest BCUT2D eigenvalue weighted by Crippen LogP contribution is 2.11. The minimum Gasteiger partial charge on any atom is -0.361 e. The van der Waals surface area contributed by atoms with Crippen LogP contribution in [0.2, 0.25) is 0 Å². The van der Waals surface area contributed by atoms with Crippen LogP contribution in [0.4, 0.5) is 0 Å². The Labute approximate surface area is 82.1 Å². The van der Waals surface area contributed by atoms with Gasteiger partial charge in [-0.15, -0.1) is 0 Å². The summed E-state index contributed by atoms with van der Waals surface area (Å²) in [7, 11) is 0. The molecule has 0 spiro atoms. The first-order valence-corrected chi connectivity index (χ1v) is 4.62. The normalized spacial score (nSPS) is 10.1. The molecular weight excluding hydrogens is 188 g/mol. The third kappa shape index (κ3) is 2.24. The van der Waals surface area contributed by atoms with Crippen molar-refractivity contribution in [2.45, 2.75) is 13.8 Å². The zero-order valence-corrected chi connectivity index (χ0v) is 8.52. The number of hydrogen-bond acceptors (Lipinski definition) is 4. The Kier molecular flexibility index (Phi) is 3.36. The van der Waals surface area contributed by atoms with E-state index >= 15 is 0 Å². The van der Waals surface area contributed by atoms with E-state index in [0.717, 1.165) is 0 Å². The molecule has 1 aromatic heterocycles. The van der Waals surface area contributed by atoms with Crippen LogP contribution in [-0.4, -0.2) is 23.4 Å². The second-order valence-electron chi connectivity index (χ2n) is 2.68. The number of aromatic nitrogens is 1. The maximum absolute atomic E-state index is 11.5. The molecule has 1 amide bonds. The van der Waals surface area contributed by atoms with Gasteiger partial charge in [-0.1, -0.05) is 5.16 Å². The molecule has 0 atom stereocenters. The summed E-state index contributed by atoms with van der Waals surface area (Å²) in [5, 5.41) is 6.39. The van der Waals surface area contributed by atoms with Crippen LogP contribution in [0.1, 0.15) is 21.8 Å². The highest BCUT2D eigenvalue weighted by Gasteiger charge is 2.16. The van der Waals surface area contributed by atoms with Gasteiger partial charge < -0.3 is 9.84 Å². The number of nitrogens with zero attached hydrogens (tertiary/aromatic N) is 1. The van der Waals surface area contributed by atoms with Gasteiger partial charge in [0, 0.05) is 12.3 Å². The fourth-order valence-electron chi connectivity index (χ4n) is 1.06. The van der Waals surface area contributed by atoms with E-state index in [9.17, 15) is 4.79 Å². The van der Waals surface area contributed by atoms with Gasteiger partial charge in [0.25, 0.3) is 5.91 Å². The predicted molar refractivity (Wildman–Crippen MR) is 52.2 cm³/mol. The SMILES string of the molecule is Cc1noc(C)c1C(=O)NCCS. The summed E-state index contributed by atoms with van der Waals surface area (Å²) in [6.07, 6.45) is 0. The fourth-order valence-corrected chi connectivity index (χ4v) is 1.18. The molecule has 5 heteroatoms. The molecule has 0 bridgehead atoms. The van der Waals surface area contributed by atoms with E-state index in [2.05, 4.69) is 23.1 Å². The molecule has 0 aliphatic carbocycles. The van der Waals surface area contributed by atoms with E-state index in [-0.39, 0.29) is 5.91 Å². The minimum absolute atomic E-state index is 0.148. The van der Waals surface area contributed by atoms with Gasteiger partial charge in [0.05, 0.1) is 5.69 Å². The van der Waals surface area contributed by atoms with Crippen LogP contribution >= 0.6 is 12.6 Å². The topological polar surface area (TPSA) is 55.1 Å². The number of nitrogens with one attached hydrogen (secondary N) is 1. The Bertz CT molecular complexity index is 290. The number of carbonyl (C=O) groups is 1. The van der Waals surface area contributed by atoms with Gasteiger partial charge in [0.15, 0.2) is 0 Å². The maximum Gasteiger partial charge on any atom is 0.256 e. The molecule has 72 valence electrons. The number of hydrogen-bond donors (Lipinski definition) is 2. The molecule has 0 saturated heterocycles. The summed E-state index contributed by atoms with van der Waals surface area (Å²) < 4.78 is 4.87. The summed E-state index contributed by atoms with van der Waals surface area (Å²) in [5.74, 6) is 1.02. The quantitative estimate of drug-likeness (QED) is 0.714. The molecule has 0 saturated carbocycles. The third-order valence-electron chi connectivity index (χ3n) is 1.66. The Morgan fingerprint density at radius 1 is 1.62 bits per heavy atom. The second-order valence-corrected chi connectivity index (χ2v) is 3.13. The fraction of sp³-hybridized carbons (Fsp3) is 0.500. The van der Waals surface area contributed by atoms with Gasteiger partial charge in [-0.3, -0.25) is 4.79 Å². The first kappa shape index (κ1) is 10.1. The lowest BCUT2D eigenvalue weighted by molar-refractivity contribution is 0.0954. The van der Waals surface area contributed by atoms with E-state index < -0.39 is 0 Å². The van der Waals surface area contributed by atoms with Crippen molar-refractivity contribution >= 4 is 18.5 Å². The molecule has 0 radical (unpaired) electrons. The van der Waals surface area contributed by atoms with Gasteiger partial charge in [0.2, 0.25) is 0 Å². The maximum atomic E-state index is 11.5. The predicted octanol–water partition coefficient (Wildman–Crippen LogP) is 0.951. The number of rotatable bonds is 3. The molecule has 1 rings (SSSR count). The first-order valence-electron chi connectivity index (χ1n) is 3.98. The van der Waals surface area contributed by atoms with E-state index in [1.54, 1.807) is 13.8 Å². The van der Waals surface area contributed by atoms with Crippen molar-refractivity contribution in [2.75, 3.05) is 12.3 Å². The van der Waals surface area contributed by atoms with Crippen LogP contribution in [0, 0.1) is 13.8 Å². The molecule has 13 heavy (non-hydrogen) atoms. The van der Waals surface area contributed by atoms with Gasteiger partial charge in [-0.25, -0.2) is 0 Å². The molecule has 4 nitrogen and oxygen atoms in total. The third-order valence-corrected chi connectivity index (χ3v) is 1.88. The van der Waals surface area contributed by atoms with Crippen molar-refractivity contribution in [3.63, 3.8) is 0 Å². The van der Waals surface area contributed by atoms with E-state index in [0.29, 0.717) is 29.3 Å². The highest BCUT2D eigenvalue weighted by molar-refractivity contribution is 7.80. The first-order chi connectivity index (χ1) is 6.16. The average Bonchev–Trinajstić information content (AvgIpc) is 2.42. The largest absolute Gasteiger partial charge is 0.361 e. The smallest absolute Gasteiger partial charge is 0.256 e. The van der Waals surface area contributed by atoms with Crippen LogP contribution in [0.5, 0.6) is 0 Å². The number of amides is 1. The van der Waals surface area contributed by atoms with Crippen molar-refractivity contribution < 1.29 is 9.32 Å². The van der Waals surface area contributed by atoms with Crippen molar-refractivity contribution in [2.24, 2.45) is 0 Å². The number of thiol groups is 1. The molecule has 1 heterocycles. The number of aryl methyl sites for hydroxylation is 2. The minimum atomic E-state index is -0.148. The summed E-state index contributed by atoms with van der Waals surface area (Å²) >= 11 is 3.99. The van der Waals surface area contributed by atoms with E-state index in [1.165, 1.54) is 0 Å². The summed E-state index contributed by atoms with van der Waals surface area (Å²) in [4.78, 5) is 11.5. The molecule has 0 aromatic carbocycles. The van der Waals surface area contributed by atoms with Gasteiger partial charge >= 0.3 is 0 Å². The molecule has 0 unspecified atom stereocenters. The van der Waals surface area contributed by atoms with Gasteiger partial charge in [-0.05, 0) is 13.8 Å². The second kappa shape index (κ2) is 4.32. The lowest BCUT2D eigenvalue weighted by Gasteiger charge is -2.00. The summed E-state index contributed by atoms with van der Waals surface area (Å²) in [5.41, 5.74) is 1.15. The van der Waals surface area contributed by atoms with Crippen molar-refractivity contribution in [1.82, 2.24) is 10.5 Å². The van der Waals surface area contributed by atoms with Crippen LogP contribution in [0.25, 0.3) is 0 Å². The van der Waals surface area contributed by atoms with E-state index in [1.807, 2.05) is 0 Å². The Hall–Kier alpha value is -0.970. The Balaban J connectivity index is 2.76. The van der Waals surface area contributed by atoms with Gasteiger partial charge in [0.1, 0.15) is 11.3 Å². The van der Waals surface area contributed by atoms with Crippen LogP contribution in [0.3, 0.4) is 0 Å². The zero-order valence-electron chi connectivity index (χ0n) is 7.63. The van der Waals surface area contributed by atoms with Crippen LogP contribution in [-0.2, 0) is 0 Å². The average molecular weight is 200 g/mol. The zero-order chi connectivity index (χ0) is 9.84. The number of carbonyl (C=O) groups excluding carboxylic acids is 1. The monoisotopic (exact) mass is 200 g/mol. The van der Waals surface area contributed by atoms with Crippen LogP contribution < -0.4 is 5.32 Å². The Morgan fingerprint density at radius 2 is 2.31 bits per heavy atom. The van der Waals surface area contributed by atoms with Gasteiger partial charge in [-0.2, -0.15) is 12.6 Å². The molecule has 0 fully saturated rings. The molecule has 0 aliphatic heterocycles. The van der Waals surface area contributed by atoms with Crippen LogP contribution in [0.15, 0.2) is 4.52 Å². The van der Waals surface area contributed by atoms with Crippen molar-refractivity contribution in [1.29, 1.82) is 0 Å². The lowest BCUT2D eigenvalue weighted by atomic mass is 10.2. The van der Waals surface area contributed by atoms with Crippen molar-refractivity contribution in [3.8, 4) is 0 Å². The molecule has 1 N–H and O–H groups in total. The van der Waals surface area contributed by atoms with E-state index in [4.69, 9.17) is 4.52 Å². The molecular formula is C8H12N2O2S. The molecule has 1 aromatic rings.